The van der Waals surface area contributed by atoms with Gasteiger partial charge < -0.3 is 5.11 Å². The Morgan fingerprint density at radius 2 is 2.31 bits per heavy atom. The maximum atomic E-state index is 13.5. The highest BCUT2D eigenvalue weighted by molar-refractivity contribution is 6.31. The van der Waals surface area contributed by atoms with Crippen molar-refractivity contribution < 1.29 is 9.50 Å². The minimum absolute atomic E-state index is 0.313. The lowest BCUT2D eigenvalue weighted by Gasteiger charge is -2.12. The third kappa shape index (κ3) is 2.23. The largest absolute Gasteiger partial charge is 0.389 e. The molecule has 0 aromatic heterocycles. The summed E-state index contributed by atoms with van der Waals surface area (Å²) in [5.74, 6) is -0.00348. The molecule has 2 atom stereocenters. The van der Waals surface area contributed by atoms with Crippen LogP contribution < -0.4 is 0 Å². The Labute approximate surface area is 100 Å². The van der Waals surface area contributed by atoms with Gasteiger partial charge in [-0.1, -0.05) is 31.0 Å². The summed E-state index contributed by atoms with van der Waals surface area (Å²) in [4.78, 5) is 0. The predicted octanol–water partition coefficient (Wildman–Crippen LogP) is 3.57. The molecule has 0 radical (unpaired) electrons. The van der Waals surface area contributed by atoms with Crippen LogP contribution in [-0.4, -0.2) is 10.7 Å². The van der Waals surface area contributed by atoms with Crippen LogP contribution in [0.3, 0.4) is 0 Å². The molecule has 1 aromatic rings. The molecule has 0 amide bonds. The van der Waals surface area contributed by atoms with Crippen molar-refractivity contribution in [1.82, 2.24) is 0 Å². The number of halogens is 2. The summed E-state index contributed by atoms with van der Waals surface area (Å²) in [5, 5.41) is 10.6. The minimum atomic E-state index is -0.720. The molecular weight excluding hydrogens is 227 g/mol. The zero-order chi connectivity index (χ0) is 11.8. The fourth-order valence-corrected chi connectivity index (χ4v) is 2.54. The van der Waals surface area contributed by atoms with Gasteiger partial charge >= 0.3 is 0 Å². The van der Waals surface area contributed by atoms with Gasteiger partial charge in [0.05, 0.1) is 5.60 Å². The summed E-state index contributed by atoms with van der Waals surface area (Å²) in [6, 6.07) is 4.64. The summed E-state index contributed by atoms with van der Waals surface area (Å²) in [6.45, 7) is 2.09. The standard InChI is InChI=1S/C13H16ClFO/c1-2-4-9-7-13(9,16)8-10-11(14)5-3-6-12(10)15/h3,5-6,9,16H,2,4,7-8H2,1H3. The lowest BCUT2D eigenvalue weighted by Crippen LogP contribution is -2.16. The second-order valence-electron chi connectivity index (χ2n) is 4.67. The summed E-state index contributed by atoms with van der Waals surface area (Å²) in [5.41, 5.74) is -0.271. The van der Waals surface area contributed by atoms with Crippen LogP contribution in [0.1, 0.15) is 31.7 Å². The van der Waals surface area contributed by atoms with Crippen LogP contribution in [-0.2, 0) is 6.42 Å². The first-order chi connectivity index (χ1) is 7.57. The molecule has 1 nitrogen and oxygen atoms in total. The van der Waals surface area contributed by atoms with Crippen LogP contribution in [0, 0.1) is 11.7 Å². The molecule has 1 N–H and O–H groups in total. The highest BCUT2D eigenvalue weighted by Crippen LogP contribution is 2.49. The molecule has 1 fully saturated rings. The normalized spacial score (nSPS) is 28.1. The summed E-state index contributed by atoms with van der Waals surface area (Å²) in [7, 11) is 0. The Morgan fingerprint density at radius 3 is 2.94 bits per heavy atom. The average molecular weight is 243 g/mol. The number of hydrogen-bond donors (Lipinski definition) is 1. The van der Waals surface area contributed by atoms with E-state index in [9.17, 15) is 9.50 Å². The van der Waals surface area contributed by atoms with Gasteiger partial charge in [-0.05, 0) is 30.9 Å². The van der Waals surface area contributed by atoms with E-state index < -0.39 is 5.60 Å². The third-order valence-corrected chi connectivity index (χ3v) is 3.74. The topological polar surface area (TPSA) is 20.2 Å². The number of hydrogen-bond acceptors (Lipinski definition) is 1. The van der Waals surface area contributed by atoms with Gasteiger partial charge in [0, 0.05) is 17.0 Å². The van der Waals surface area contributed by atoms with Crippen molar-refractivity contribution in [3.8, 4) is 0 Å². The molecule has 88 valence electrons. The lowest BCUT2D eigenvalue weighted by atomic mass is 10.0. The van der Waals surface area contributed by atoms with Crippen LogP contribution in [0.25, 0.3) is 0 Å². The van der Waals surface area contributed by atoms with E-state index in [4.69, 9.17) is 11.6 Å². The SMILES string of the molecule is CCCC1CC1(O)Cc1c(F)cccc1Cl. The first kappa shape index (κ1) is 11.9. The van der Waals surface area contributed by atoms with E-state index in [1.807, 2.05) is 0 Å². The van der Waals surface area contributed by atoms with Crippen LogP contribution in [0.2, 0.25) is 5.02 Å². The highest BCUT2D eigenvalue weighted by Gasteiger charge is 2.52. The fraction of sp³-hybridized carbons (Fsp3) is 0.538. The smallest absolute Gasteiger partial charge is 0.127 e. The summed E-state index contributed by atoms with van der Waals surface area (Å²) in [6.07, 6.45) is 3.16. The fourth-order valence-electron chi connectivity index (χ4n) is 2.31. The van der Waals surface area contributed by atoms with Gasteiger partial charge in [0.25, 0.3) is 0 Å². The van der Waals surface area contributed by atoms with Crippen molar-refractivity contribution in [3.05, 3.63) is 34.6 Å². The van der Waals surface area contributed by atoms with E-state index in [1.54, 1.807) is 12.1 Å². The van der Waals surface area contributed by atoms with Crippen LogP contribution in [0.4, 0.5) is 4.39 Å². The van der Waals surface area contributed by atoms with Crippen LogP contribution in [0.15, 0.2) is 18.2 Å². The van der Waals surface area contributed by atoms with Crippen molar-refractivity contribution in [2.45, 2.75) is 38.2 Å². The van der Waals surface area contributed by atoms with E-state index >= 15 is 0 Å². The van der Waals surface area contributed by atoms with Gasteiger partial charge in [-0.25, -0.2) is 4.39 Å². The predicted molar refractivity (Wildman–Crippen MR) is 63.1 cm³/mol. The monoisotopic (exact) mass is 242 g/mol. The first-order valence-electron chi connectivity index (χ1n) is 5.72. The van der Waals surface area contributed by atoms with E-state index in [0.717, 1.165) is 19.3 Å². The Morgan fingerprint density at radius 1 is 1.56 bits per heavy atom. The molecule has 1 aliphatic rings. The van der Waals surface area contributed by atoms with E-state index in [-0.39, 0.29) is 5.82 Å². The Kier molecular flexibility index (Phi) is 3.22. The highest BCUT2D eigenvalue weighted by atomic mass is 35.5. The summed E-state index contributed by atoms with van der Waals surface area (Å²) >= 11 is 5.94. The lowest BCUT2D eigenvalue weighted by molar-refractivity contribution is 0.128. The molecule has 0 heterocycles. The molecular formula is C13H16ClFO. The second kappa shape index (κ2) is 4.34. The quantitative estimate of drug-likeness (QED) is 0.856. The number of benzene rings is 1. The van der Waals surface area contributed by atoms with Crippen molar-refractivity contribution >= 4 is 11.6 Å². The van der Waals surface area contributed by atoms with Crippen LogP contribution in [0.5, 0.6) is 0 Å². The molecule has 0 spiro atoms. The number of rotatable bonds is 4. The van der Waals surface area contributed by atoms with E-state index in [0.29, 0.717) is 22.9 Å². The van der Waals surface area contributed by atoms with Crippen molar-refractivity contribution in [3.63, 3.8) is 0 Å². The molecule has 0 aliphatic heterocycles. The van der Waals surface area contributed by atoms with Gasteiger partial charge in [0.15, 0.2) is 0 Å². The minimum Gasteiger partial charge on any atom is -0.389 e. The van der Waals surface area contributed by atoms with Crippen molar-refractivity contribution in [1.29, 1.82) is 0 Å². The molecule has 3 heteroatoms. The Hall–Kier alpha value is -0.600. The first-order valence-corrected chi connectivity index (χ1v) is 6.10. The molecule has 0 bridgehead atoms. The van der Waals surface area contributed by atoms with Gasteiger partial charge in [0.2, 0.25) is 0 Å². The van der Waals surface area contributed by atoms with Gasteiger partial charge in [-0.2, -0.15) is 0 Å². The van der Waals surface area contributed by atoms with E-state index in [2.05, 4.69) is 6.92 Å². The van der Waals surface area contributed by atoms with Crippen molar-refractivity contribution in [2.24, 2.45) is 5.92 Å². The molecule has 2 unspecified atom stereocenters. The molecule has 2 rings (SSSR count). The zero-order valence-corrected chi connectivity index (χ0v) is 10.1. The second-order valence-corrected chi connectivity index (χ2v) is 5.08. The third-order valence-electron chi connectivity index (χ3n) is 3.38. The van der Waals surface area contributed by atoms with E-state index in [1.165, 1.54) is 6.07 Å². The molecule has 16 heavy (non-hydrogen) atoms. The molecule has 1 aliphatic carbocycles. The van der Waals surface area contributed by atoms with Gasteiger partial charge in [0.1, 0.15) is 5.82 Å². The Bertz CT molecular complexity index is 373. The average Bonchev–Trinajstić information content (AvgIpc) is 2.85. The maximum absolute atomic E-state index is 13.5. The Balaban J connectivity index is 2.11. The summed E-state index contributed by atoms with van der Waals surface area (Å²) < 4.78 is 13.5. The number of aliphatic hydroxyl groups is 1. The molecule has 1 aromatic carbocycles. The van der Waals surface area contributed by atoms with Gasteiger partial charge in [-0.3, -0.25) is 0 Å². The van der Waals surface area contributed by atoms with Crippen LogP contribution >= 0.6 is 11.6 Å². The zero-order valence-electron chi connectivity index (χ0n) is 9.34. The maximum Gasteiger partial charge on any atom is 0.127 e. The molecule has 0 saturated heterocycles. The van der Waals surface area contributed by atoms with Gasteiger partial charge in [-0.15, -0.1) is 0 Å². The van der Waals surface area contributed by atoms with Crippen molar-refractivity contribution in [2.75, 3.05) is 0 Å². The molecule has 1 saturated carbocycles.